The third-order valence-corrected chi connectivity index (χ3v) is 6.20. The number of benzene rings is 1. The van der Waals surface area contributed by atoms with E-state index in [0.717, 1.165) is 74.3 Å². The van der Waals surface area contributed by atoms with Gasteiger partial charge in [0.25, 0.3) is 0 Å². The fraction of sp³-hybridized carbons (Fsp3) is 0.571. The Labute approximate surface area is 217 Å². The molecule has 0 radical (unpaired) electrons. The lowest BCUT2D eigenvalue weighted by atomic mass is 10.1. The van der Waals surface area contributed by atoms with Gasteiger partial charge in [0.15, 0.2) is 17.3 Å². The summed E-state index contributed by atoms with van der Waals surface area (Å²) in [5.74, 6) is 2.16. The average molecular weight is 500 g/mol. The maximum Gasteiger partial charge on any atom is 0.161 e. The number of hydrogen-bond acceptors (Lipinski definition) is 7. The first-order valence-electron chi connectivity index (χ1n) is 13.1. The predicted octanol–water partition coefficient (Wildman–Crippen LogP) is 5.24. The maximum absolute atomic E-state index is 8.10. The zero-order valence-electron chi connectivity index (χ0n) is 23.4. The maximum atomic E-state index is 8.10. The highest BCUT2D eigenvalue weighted by Gasteiger charge is 2.31. The molecule has 200 valence electrons. The fourth-order valence-corrected chi connectivity index (χ4v) is 4.56. The second kappa shape index (κ2) is 14.7. The van der Waals surface area contributed by atoms with Gasteiger partial charge in [-0.05, 0) is 44.5 Å². The number of nitrogens with one attached hydrogen (secondary N) is 2. The van der Waals surface area contributed by atoms with E-state index in [9.17, 15) is 0 Å². The zero-order chi connectivity index (χ0) is 26.7. The predicted molar refractivity (Wildman–Crippen MR) is 148 cm³/mol. The van der Waals surface area contributed by atoms with Crippen molar-refractivity contribution >= 4 is 11.4 Å². The van der Waals surface area contributed by atoms with Crippen molar-refractivity contribution in [2.45, 2.75) is 54.0 Å². The van der Waals surface area contributed by atoms with Crippen LogP contribution in [0, 0.1) is 12.3 Å². The van der Waals surface area contributed by atoms with Gasteiger partial charge in [-0.2, -0.15) is 0 Å². The molecule has 0 spiro atoms. The molecular formula is C28H45N5O3. The number of likely N-dealkylation sites (tertiary alicyclic amines) is 1. The summed E-state index contributed by atoms with van der Waals surface area (Å²) in [6.07, 6.45) is 3.02. The van der Waals surface area contributed by atoms with Crippen LogP contribution in [0.1, 0.15) is 52.6 Å². The van der Waals surface area contributed by atoms with Gasteiger partial charge in [0, 0.05) is 49.2 Å². The minimum absolute atomic E-state index is 0.509. The van der Waals surface area contributed by atoms with Gasteiger partial charge in [-0.25, -0.2) is 4.98 Å². The Morgan fingerprint density at radius 1 is 1.08 bits per heavy atom. The number of hydrogen-bond donors (Lipinski definition) is 2. The molecule has 2 N–H and O–H groups in total. The van der Waals surface area contributed by atoms with Crippen molar-refractivity contribution in [3.05, 3.63) is 35.8 Å². The number of imidazole rings is 1. The van der Waals surface area contributed by atoms with Crippen LogP contribution in [0.5, 0.6) is 11.5 Å². The molecule has 2 fully saturated rings. The van der Waals surface area contributed by atoms with Gasteiger partial charge >= 0.3 is 0 Å². The number of H-pyrrole nitrogens is 1. The Kier molecular flexibility index (Phi) is 12.0. The van der Waals surface area contributed by atoms with Crippen molar-refractivity contribution in [1.29, 1.82) is 5.41 Å². The highest BCUT2D eigenvalue weighted by molar-refractivity contribution is 5.96. The Hall–Kier alpha value is -2.84. The minimum Gasteiger partial charge on any atom is -0.493 e. The van der Waals surface area contributed by atoms with Gasteiger partial charge in [-0.15, -0.1) is 0 Å². The Balaban J connectivity index is 0.00000109. The first kappa shape index (κ1) is 29.4. The standard InChI is InChI=1S/C24H33N5O3.2C2H6/c1-16(25)13-20(29-8-7-19(15-29)28-9-11-32-12-10-28)24-26-17(2)23(27-24)18-5-6-21(30-3)22(14-18)31-4;2*1-2/h5-6,13-14,19,25H,7-12,15H2,1-4H3,(H,26,27);2*1-2H3/b20-13+,25-16?;;/t19-;;/m1../s1. The van der Waals surface area contributed by atoms with E-state index in [-0.39, 0.29) is 0 Å². The summed E-state index contributed by atoms with van der Waals surface area (Å²) < 4.78 is 16.4. The molecule has 0 saturated carbocycles. The van der Waals surface area contributed by atoms with Gasteiger partial charge in [0.1, 0.15) is 0 Å². The van der Waals surface area contributed by atoms with Crippen molar-refractivity contribution in [2.24, 2.45) is 0 Å². The molecule has 1 atom stereocenters. The van der Waals surface area contributed by atoms with E-state index in [1.807, 2.05) is 58.9 Å². The van der Waals surface area contributed by atoms with Gasteiger partial charge in [0.05, 0.1) is 38.8 Å². The third kappa shape index (κ3) is 7.11. The van der Waals surface area contributed by atoms with E-state index >= 15 is 0 Å². The summed E-state index contributed by atoms with van der Waals surface area (Å²) >= 11 is 0. The Morgan fingerprint density at radius 2 is 1.75 bits per heavy atom. The highest BCUT2D eigenvalue weighted by Crippen LogP contribution is 2.34. The molecule has 0 aliphatic carbocycles. The van der Waals surface area contributed by atoms with Crippen molar-refractivity contribution in [2.75, 3.05) is 53.6 Å². The lowest BCUT2D eigenvalue weighted by molar-refractivity contribution is 0.0194. The van der Waals surface area contributed by atoms with Crippen LogP contribution in [0.15, 0.2) is 24.3 Å². The lowest BCUT2D eigenvalue weighted by Crippen LogP contribution is -2.44. The van der Waals surface area contributed by atoms with Crippen LogP contribution < -0.4 is 9.47 Å². The first-order valence-corrected chi connectivity index (χ1v) is 13.1. The van der Waals surface area contributed by atoms with Crippen LogP contribution >= 0.6 is 0 Å². The molecule has 2 aliphatic heterocycles. The van der Waals surface area contributed by atoms with Crippen LogP contribution in [0.25, 0.3) is 17.0 Å². The number of morpholine rings is 1. The van der Waals surface area contributed by atoms with Crippen molar-refractivity contribution in [3.63, 3.8) is 0 Å². The molecule has 0 bridgehead atoms. The number of nitrogens with zero attached hydrogens (tertiary/aromatic N) is 3. The number of methoxy groups -OCH3 is 2. The lowest BCUT2D eigenvalue weighted by Gasteiger charge is -2.32. The second-order valence-electron chi connectivity index (χ2n) is 8.38. The molecule has 8 heteroatoms. The summed E-state index contributed by atoms with van der Waals surface area (Å²) in [7, 11) is 3.27. The van der Waals surface area contributed by atoms with Crippen LogP contribution in [-0.4, -0.2) is 85.1 Å². The highest BCUT2D eigenvalue weighted by atomic mass is 16.5. The van der Waals surface area contributed by atoms with Gasteiger partial charge < -0.3 is 29.5 Å². The SMILES string of the molecule is CC.CC.COc1ccc(-c2nc(/C(=C\C(C)=N)N3CC[C@@H](N4CCOCC4)C3)[nH]c2C)cc1OC. The molecule has 36 heavy (non-hydrogen) atoms. The molecule has 2 saturated heterocycles. The van der Waals surface area contributed by atoms with Crippen molar-refractivity contribution < 1.29 is 14.2 Å². The van der Waals surface area contributed by atoms with Crippen LogP contribution in [-0.2, 0) is 4.74 Å². The van der Waals surface area contributed by atoms with E-state index < -0.39 is 0 Å². The summed E-state index contributed by atoms with van der Waals surface area (Å²) in [6, 6.07) is 6.34. The normalized spacial score (nSPS) is 18.1. The molecule has 0 amide bonds. The molecule has 1 aromatic carbocycles. The monoisotopic (exact) mass is 499 g/mol. The topological polar surface area (TPSA) is 86.7 Å². The molecule has 1 aromatic heterocycles. The quantitative estimate of drug-likeness (QED) is 0.507. The number of aromatic amines is 1. The number of allylic oxidation sites excluding steroid dienone is 1. The Bertz CT molecular complexity index is 995. The molecule has 2 aromatic rings. The van der Waals surface area contributed by atoms with Crippen LogP contribution in [0.2, 0.25) is 0 Å². The van der Waals surface area contributed by atoms with E-state index in [1.165, 1.54) is 0 Å². The summed E-state index contributed by atoms with van der Waals surface area (Å²) in [5.41, 5.74) is 4.30. The average Bonchev–Trinajstić information content (AvgIpc) is 3.57. The summed E-state index contributed by atoms with van der Waals surface area (Å²) in [6.45, 7) is 17.3. The number of rotatable bonds is 7. The van der Waals surface area contributed by atoms with Crippen LogP contribution in [0.4, 0.5) is 0 Å². The molecule has 0 unspecified atom stereocenters. The summed E-state index contributed by atoms with van der Waals surface area (Å²) in [4.78, 5) is 13.3. The van der Waals surface area contributed by atoms with Gasteiger partial charge in [-0.3, -0.25) is 4.90 Å². The number of aromatic nitrogens is 2. The molecule has 8 nitrogen and oxygen atoms in total. The van der Waals surface area contributed by atoms with E-state index in [1.54, 1.807) is 21.1 Å². The van der Waals surface area contributed by atoms with Crippen molar-refractivity contribution in [3.8, 4) is 22.8 Å². The number of ether oxygens (including phenoxy) is 3. The minimum atomic E-state index is 0.509. The van der Waals surface area contributed by atoms with Gasteiger partial charge in [0.2, 0.25) is 0 Å². The van der Waals surface area contributed by atoms with E-state index in [4.69, 9.17) is 24.6 Å². The molecule has 3 heterocycles. The number of aryl methyl sites for hydroxylation is 1. The van der Waals surface area contributed by atoms with Crippen molar-refractivity contribution in [1.82, 2.24) is 19.8 Å². The van der Waals surface area contributed by atoms with Crippen LogP contribution in [0.3, 0.4) is 0 Å². The van der Waals surface area contributed by atoms with Gasteiger partial charge in [-0.1, -0.05) is 27.7 Å². The zero-order valence-corrected chi connectivity index (χ0v) is 23.4. The van der Waals surface area contributed by atoms with E-state index in [2.05, 4.69) is 14.8 Å². The largest absolute Gasteiger partial charge is 0.493 e. The summed E-state index contributed by atoms with van der Waals surface area (Å²) in [5, 5.41) is 8.10. The fourth-order valence-electron chi connectivity index (χ4n) is 4.56. The molecular weight excluding hydrogens is 454 g/mol. The smallest absolute Gasteiger partial charge is 0.161 e. The molecule has 2 aliphatic rings. The second-order valence-corrected chi connectivity index (χ2v) is 8.38. The first-order chi connectivity index (χ1) is 17.5. The molecule has 4 rings (SSSR count). The van der Waals surface area contributed by atoms with E-state index in [0.29, 0.717) is 23.3 Å². The third-order valence-electron chi connectivity index (χ3n) is 6.20. The Morgan fingerprint density at radius 3 is 2.36 bits per heavy atom.